The van der Waals surface area contributed by atoms with Gasteiger partial charge in [-0.15, -0.1) is 0 Å². The summed E-state index contributed by atoms with van der Waals surface area (Å²) in [6.07, 6.45) is 3.71. The van der Waals surface area contributed by atoms with E-state index in [0.717, 1.165) is 19.3 Å². The molecule has 5 nitrogen and oxygen atoms in total. The average molecular weight is 242 g/mol. The van der Waals surface area contributed by atoms with E-state index in [9.17, 15) is 9.59 Å². The fourth-order valence-electron chi connectivity index (χ4n) is 1.78. The molecule has 17 heavy (non-hydrogen) atoms. The van der Waals surface area contributed by atoms with E-state index >= 15 is 0 Å². The van der Waals surface area contributed by atoms with E-state index < -0.39 is 11.9 Å². The number of ether oxygens (including phenoxy) is 1. The Hall–Kier alpha value is -1.36. The van der Waals surface area contributed by atoms with Crippen molar-refractivity contribution in [2.75, 3.05) is 0 Å². The zero-order chi connectivity index (χ0) is 13.0. The Morgan fingerprint density at radius 2 is 1.94 bits per heavy atom. The second-order valence-electron chi connectivity index (χ2n) is 4.32. The van der Waals surface area contributed by atoms with Crippen LogP contribution >= 0.6 is 0 Å². The molecule has 96 valence electrons. The topological polar surface area (TPSA) is 87.1 Å². The van der Waals surface area contributed by atoms with Crippen LogP contribution in [0.2, 0.25) is 0 Å². The normalized spacial score (nSPS) is 29.4. The predicted octanol–water partition coefficient (Wildman–Crippen LogP) is 1.68. The van der Waals surface area contributed by atoms with Gasteiger partial charge >= 0.3 is 11.9 Å². The third kappa shape index (κ3) is 4.19. The van der Waals surface area contributed by atoms with Crippen LogP contribution in [-0.4, -0.2) is 34.4 Å². The molecular formula is C12H18O5. The lowest BCUT2D eigenvalue weighted by Crippen LogP contribution is -2.21. The first-order chi connectivity index (χ1) is 7.95. The number of fused-ring (bicyclic) bond motifs is 1. The predicted molar refractivity (Wildman–Crippen MR) is 60.7 cm³/mol. The van der Waals surface area contributed by atoms with Crippen molar-refractivity contribution in [1.29, 1.82) is 0 Å². The first-order valence-corrected chi connectivity index (χ1v) is 5.75. The summed E-state index contributed by atoms with van der Waals surface area (Å²) < 4.78 is 5.19. The maximum Gasteiger partial charge on any atom is 0.330 e. The van der Waals surface area contributed by atoms with Crippen LogP contribution in [0.5, 0.6) is 0 Å². The molecule has 0 aromatic heterocycles. The standard InChI is InChI=1S/C7H10O3.C5H8O2/c8-7(9)4-1-2-5-6(3-4)10-5;1-3-4(2)5(6)7/h4-6H,1-3H2,(H,8,9);2-3H2,1H3,(H,6,7). The molecule has 1 aliphatic carbocycles. The molecule has 0 aromatic rings. The smallest absolute Gasteiger partial charge is 0.330 e. The maximum absolute atomic E-state index is 10.5. The SMILES string of the molecule is C=C(CC)C(=O)O.O=C(O)C1CCC2OC2C1. The quantitative estimate of drug-likeness (QED) is 0.580. The van der Waals surface area contributed by atoms with Crippen LogP contribution < -0.4 is 0 Å². The summed E-state index contributed by atoms with van der Waals surface area (Å²) in [7, 11) is 0. The molecule has 0 amide bonds. The molecule has 1 heterocycles. The van der Waals surface area contributed by atoms with Gasteiger partial charge in [0.25, 0.3) is 0 Å². The first kappa shape index (κ1) is 13.7. The number of carboxylic acids is 2. The molecule has 0 spiro atoms. The lowest BCUT2D eigenvalue weighted by Gasteiger charge is -2.12. The zero-order valence-electron chi connectivity index (χ0n) is 9.89. The Kier molecular flexibility index (Phi) is 4.69. The second-order valence-corrected chi connectivity index (χ2v) is 4.32. The van der Waals surface area contributed by atoms with Crippen LogP contribution in [0.4, 0.5) is 0 Å². The van der Waals surface area contributed by atoms with Gasteiger partial charge in [-0.2, -0.15) is 0 Å². The van der Waals surface area contributed by atoms with Crippen molar-refractivity contribution in [1.82, 2.24) is 0 Å². The summed E-state index contributed by atoms with van der Waals surface area (Å²) in [5, 5.41) is 16.7. The first-order valence-electron chi connectivity index (χ1n) is 5.75. The van der Waals surface area contributed by atoms with Gasteiger partial charge in [0.15, 0.2) is 0 Å². The highest BCUT2D eigenvalue weighted by Crippen LogP contribution is 2.39. The maximum atomic E-state index is 10.5. The minimum Gasteiger partial charge on any atom is -0.481 e. The van der Waals surface area contributed by atoms with Gasteiger partial charge in [-0.1, -0.05) is 13.5 Å². The molecule has 3 atom stereocenters. The molecular weight excluding hydrogens is 224 g/mol. The van der Waals surface area contributed by atoms with Crippen molar-refractivity contribution in [3.05, 3.63) is 12.2 Å². The van der Waals surface area contributed by atoms with E-state index in [1.54, 1.807) is 6.92 Å². The Bertz CT molecular complexity index is 323. The molecule has 2 N–H and O–H groups in total. The molecule has 1 saturated heterocycles. The molecule has 2 fully saturated rings. The largest absolute Gasteiger partial charge is 0.481 e. The summed E-state index contributed by atoms with van der Waals surface area (Å²) in [5.74, 6) is -1.69. The second kappa shape index (κ2) is 5.82. The molecule has 0 aromatic carbocycles. The van der Waals surface area contributed by atoms with E-state index in [1.807, 2.05) is 0 Å². The van der Waals surface area contributed by atoms with Gasteiger partial charge in [-0.25, -0.2) is 4.79 Å². The van der Waals surface area contributed by atoms with Crippen molar-refractivity contribution in [3.8, 4) is 0 Å². The highest BCUT2D eigenvalue weighted by atomic mass is 16.6. The third-order valence-corrected chi connectivity index (χ3v) is 3.08. The van der Waals surface area contributed by atoms with E-state index in [0.29, 0.717) is 12.5 Å². The molecule has 1 saturated carbocycles. The number of carbonyl (C=O) groups is 2. The number of hydrogen-bond donors (Lipinski definition) is 2. The van der Waals surface area contributed by atoms with E-state index in [2.05, 4.69) is 6.58 Å². The number of hydrogen-bond acceptors (Lipinski definition) is 3. The third-order valence-electron chi connectivity index (χ3n) is 3.08. The Balaban J connectivity index is 0.000000185. The number of carboxylic acid groups (broad SMARTS) is 2. The summed E-state index contributed by atoms with van der Waals surface area (Å²) in [6.45, 7) is 5.03. The van der Waals surface area contributed by atoms with E-state index in [-0.39, 0.29) is 17.6 Å². The molecule has 3 unspecified atom stereocenters. The minimum atomic E-state index is -0.900. The van der Waals surface area contributed by atoms with Gasteiger partial charge in [-0.3, -0.25) is 4.79 Å². The van der Waals surface area contributed by atoms with Crippen molar-refractivity contribution in [3.63, 3.8) is 0 Å². The fourth-order valence-corrected chi connectivity index (χ4v) is 1.78. The molecule has 2 rings (SSSR count). The van der Waals surface area contributed by atoms with Crippen LogP contribution in [0.1, 0.15) is 32.6 Å². The van der Waals surface area contributed by atoms with Crippen molar-refractivity contribution >= 4 is 11.9 Å². The zero-order valence-corrected chi connectivity index (χ0v) is 9.89. The monoisotopic (exact) mass is 242 g/mol. The van der Waals surface area contributed by atoms with Gasteiger partial charge in [0, 0.05) is 5.57 Å². The van der Waals surface area contributed by atoms with E-state index in [4.69, 9.17) is 14.9 Å². The van der Waals surface area contributed by atoms with Gasteiger partial charge in [0.1, 0.15) is 0 Å². The van der Waals surface area contributed by atoms with Crippen LogP contribution in [0, 0.1) is 5.92 Å². The number of epoxide rings is 1. The van der Waals surface area contributed by atoms with Gasteiger partial charge in [0.2, 0.25) is 0 Å². The van der Waals surface area contributed by atoms with Crippen molar-refractivity contribution in [2.45, 2.75) is 44.8 Å². The van der Waals surface area contributed by atoms with Crippen LogP contribution in [0.15, 0.2) is 12.2 Å². The highest BCUT2D eigenvalue weighted by molar-refractivity contribution is 5.85. The summed E-state index contributed by atoms with van der Waals surface area (Å²) in [4.78, 5) is 20.3. The summed E-state index contributed by atoms with van der Waals surface area (Å²) in [6, 6.07) is 0. The van der Waals surface area contributed by atoms with Crippen LogP contribution in [-0.2, 0) is 14.3 Å². The summed E-state index contributed by atoms with van der Waals surface area (Å²) >= 11 is 0. The lowest BCUT2D eigenvalue weighted by atomic mass is 9.90. The van der Waals surface area contributed by atoms with E-state index in [1.165, 1.54) is 0 Å². The Morgan fingerprint density at radius 3 is 2.29 bits per heavy atom. The number of aliphatic carboxylic acids is 2. The van der Waals surface area contributed by atoms with Crippen molar-refractivity contribution < 1.29 is 24.5 Å². The Morgan fingerprint density at radius 1 is 1.29 bits per heavy atom. The minimum absolute atomic E-state index is 0.135. The van der Waals surface area contributed by atoms with Crippen LogP contribution in [0.25, 0.3) is 0 Å². The Labute approximate surface area is 100 Å². The average Bonchev–Trinajstić information content (AvgIpc) is 3.06. The molecule has 5 heteroatoms. The van der Waals surface area contributed by atoms with Crippen molar-refractivity contribution in [2.24, 2.45) is 5.92 Å². The van der Waals surface area contributed by atoms with Gasteiger partial charge in [-0.05, 0) is 25.7 Å². The van der Waals surface area contributed by atoms with Crippen LogP contribution in [0.3, 0.4) is 0 Å². The lowest BCUT2D eigenvalue weighted by molar-refractivity contribution is -0.142. The summed E-state index contributed by atoms with van der Waals surface area (Å²) in [5.41, 5.74) is 0.264. The van der Waals surface area contributed by atoms with Gasteiger partial charge < -0.3 is 14.9 Å². The fraction of sp³-hybridized carbons (Fsp3) is 0.667. The number of rotatable bonds is 3. The highest BCUT2D eigenvalue weighted by Gasteiger charge is 2.45. The molecule has 0 radical (unpaired) electrons. The molecule has 0 bridgehead atoms. The molecule has 2 aliphatic rings. The molecule has 1 aliphatic heterocycles. The van der Waals surface area contributed by atoms with Gasteiger partial charge in [0.05, 0.1) is 18.1 Å².